The number of benzene rings is 1. The molecule has 0 spiro atoms. The van der Waals surface area contributed by atoms with Gasteiger partial charge in [0.1, 0.15) is 11.8 Å². The summed E-state index contributed by atoms with van der Waals surface area (Å²) >= 11 is 0. The minimum atomic E-state index is -0.750. The highest BCUT2D eigenvalue weighted by molar-refractivity contribution is 5.96. The van der Waals surface area contributed by atoms with Crippen LogP contribution >= 0.6 is 0 Å². The number of nitrogens with zero attached hydrogens (tertiary/aromatic N) is 1. The number of hydrogen-bond acceptors (Lipinski definition) is 4. The Balaban J connectivity index is 1.97. The summed E-state index contributed by atoms with van der Waals surface area (Å²) in [5, 5.41) is 11.8. The highest BCUT2D eigenvalue weighted by Gasteiger charge is 2.25. The molecule has 0 bridgehead atoms. The predicted octanol–water partition coefficient (Wildman–Crippen LogP) is 3.58. The molecule has 0 saturated carbocycles. The molecule has 1 aromatic heterocycles. The lowest BCUT2D eigenvalue weighted by molar-refractivity contribution is -0.117. The van der Waals surface area contributed by atoms with Gasteiger partial charge >= 0.3 is 6.03 Å². The second-order valence-corrected chi connectivity index (χ2v) is 7.12. The summed E-state index contributed by atoms with van der Waals surface area (Å²) in [6, 6.07) is 8.24. The molecule has 7 heteroatoms. The Morgan fingerprint density at radius 1 is 1.26 bits per heavy atom. The van der Waals surface area contributed by atoms with Gasteiger partial charge in [-0.25, -0.2) is 4.79 Å². The van der Waals surface area contributed by atoms with E-state index in [1.54, 1.807) is 19.9 Å². The van der Waals surface area contributed by atoms with E-state index >= 15 is 0 Å². The van der Waals surface area contributed by atoms with Crippen molar-refractivity contribution in [3.05, 3.63) is 53.8 Å². The first-order valence-electron chi connectivity index (χ1n) is 8.68. The van der Waals surface area contributed by atoms with Crippen molar-refractivity contribution in [2.45, 2.75) is 46.2 Å². The maximum Gasteiger partial charge on any atom is 0.316 e. The van der Waals surface area contributed by atoms with Gasteiger partial charge in [-0.2, -0.15) is 0 Å². The number of allylic oxidation sites excluding steroid dienone is 1. The Hall–Kier alpha value is -3.09. The second kappa shape index (κ2) is 8.07. The van der Waals surface area contributed by atoms with Gasteiger partial charge in [-0.15, -0.1) is 0 Å². The van der Waals surface area contributed by atoms with Gasteiger partial charge in [0.15, 0.2) is 5.82 Å². The summed E-state index contributed by atoms with van der Waals surface area (Å²) in [4.78, 5) is 24.5. The van der Waals surface area contributed by atoms with E-state index in [0.29, 0.717) is 11.6 Å². The Morgan fingerprint density at radius 3 is 2.56 bits per heavy atom. The maximum absolute atomic E-state index is 12.4. The second-order valence-electron chi connectivity index (χ2n) is 7.12. The van der Waals surface area contributed by atoms with E-state index in [4.69, 9.17) is 4.52 Å². The Kier molecular flexibility index (Phi) is 6.05. The molecule has 0 aliphatic rings. The average molecular weight is 370 g/mol. The van der Waals surface area contributed by atoms with Crippen molar-refractivity contribution >= 4 is 23.3 Å². The van der Waals surface area contributed by atoms with Crippen molar-refractivity contribution in [3.8, 4) is 0 Å². The summed E-state index contributed by atoms with van der Waals surface area (Å²) in [6.45, 7) is 13.0. The molecule has 2 aromatic rings. The molecule has 0 aliphatic heterocycles. The Morgan fingerprint density at radius 2 is 1.96 bits per heavy atom. The van der Waals surface area contributed by atoms with Crippen molar-refractivity contribution in [1.29, 1.82) is 0 Å². The fourth-order valence-electron chi connectivity index (χ4n) is 2.49. The van der Waals surface area contributed by atoms with Gasteiger partial charge < -0.3 is 20.5 Å². The molecule has 0 aliphatic carbocycles. The number of carbonyl (C=O) groups excluding carboxylic acids is 2. The fraction of sp³-hybridized carbons (Fsp3) is 0.350. The number of anilines is 1. The zero-order chi connectivity index (χ0) is 20.2. The maximum atomic E-state index is 12.4. The van der Waals surface area contributed by atoms with E-state index in [-0.39, 0.29) is 5.91 Å². The number of rotatable bonds is 6. The van der Waals surface area contributed by atoms with Gasteiger partial charge in [-0.3, -0.25) is 4.79 Å². The standard InChI is InChI=1S/C20H26N4O3/c1-12(2)15-8-7-9-16(11-15)20(5,6)23-19(26)21-14(4)18(25)22-17-10-13(3)27-24-17/h7-11,14H,1H2,2-6H3,(H2,21,23,26)(H,22,24,25)/t14-/m1/s1. The van der Waals surface area contributed by atoms with Crippen molar-refractivity contribution in [2.24, 2.45) is 0 Å². The van der Waals surface area contributed by atoms with Crippen molar-refractivity contribution in [1.82, 2.24) is 15.8 Å². The summed E-state index contributed by atoms with van der Waals surface area (Å²) in [7, 11) is 0. The third-order valence-corrected chi connectivity index (χ3v) is 4.12. The van der Waals surface area contributed by atoms with Gasteiger partial charge in [0.2, 0.25) is 5.91 Å². The predicted molar refractivity (Wildman–Crippen MR) is 105 cm³/mol. The number of amides is 3. The first-order chi connectivity index (χ1) is 12.6. The molecule has 2 rings (SSSR count). The van der Waals surface area contributed by atoms with Crippen LogP contribution in [0.1, 0.15) is 44.6 Å². The van der Waals surface area contributed by atoms with Crippen LogP contribution in [0, 0.1) is 6.92 Å². The molecule has 1 aromatic carbocycles. The molecule has 3 amide bonds. The summed E-state index contributed by atoms with van der Waals surface area (Å²) in [5.41, 5.74) is 2.27. The lowest BCUT2D eigenvalue weighted by atomic mass is 9.92. The van der Waals surface area contributed by atoms with Crippen LogP contribution in [-0.2, 0) is 10.3 Å². The first-order valence-corrected chi connectivity index (χ1v) is 8.68. The van der Waals surface area contributed by atoms with E-state index < -0.39 is 17.6 Å². The summed E-state index contributed by atoms with van der Waals surface area (Å²) < 4.78 is 4.90. The molecule has 1 heterocycles. The number of hydrogen-bond donors (Lipinski definition) is 3. The van der Waals surface area contributed by atoms with Crippen molar-refractivity contribution in [2.75, 3.05) is 5.32 Å². The quantitative estimate of drug-likeness (QED) is 0.724. The van der Waals surface area contributed by atoms with Gasteiger partial charge in [0.05, 0.1) is 5.54 Å². The smallest absolute Gasteiger partial charge is 0.316 e. The monoisotopic (exact) mass is 370 g/mol. The van der Waals surface area contributed by atoms with Gasteiger partial charge in [-0.1, -0.05) is 35.5 Å². The molecule has 144 valence electrons. The zero-order valence-electron chi connectivity index (χ0n) is 16.3. The van der Waals surface area contributed by atoms with E-state index in [2.05, 4.69) is 27.7 Å². The van der Waals surface area contributed by atoms with Crippen LogP contribution in [0.3, 0.4) is 0 Å². The van der Waals surface area contributed by atoms with Crippen LogP contribution in [-0.4, -0.2) is 23.1 Å². The van der Waals surface area contributed by atoms with Crippen LogP contribution in [0.15, 0.2) is 41.4 Å². The molecule has 0 radical (unpaired) electrons. The summed E-state index contributed by atoms with van der Waals surface area (Å²) in [6.07, 6.45) is 0. The third-order valence-electron chi connectivity index (χ3n) is 4.12. The largest absolute Gasteiger partial charge is 0.360 e. The van der Waals surface area contributed by atoms with E-state index in [1.807, 2.05) is 45.0 Å². The van der Waals surface area contributed by atoms with E-state index in [1.165, 1.54) is 0 Å². The van der Waals surface area contributed by atoms with Crippen molar-refractivity contribution < 1.29 is 14.1 Å². The van der Waals surface area contributed by atoms with Gasteiger partial charge in [0, 0.05) is 6.07 Å². The normalized spacial score (nSPS) is 12.2. The van der Waals surface area contributed by atoms with Crippen LogP contribution in [0.4, 0.5) is 10.6 Å². The number of urea groups is 1. The fourth-order valence-corrected chi connectivity index (χ4v) is 2.49. The van der Waals surface area contributed by atoms with Crippen LogP contribution < -0.4 is 16.0 Å². The SMILES string of the molecule is C=C(C)c1cccc(C(C)(C)NC(=O)N[C@H](C)C(=O)Nc2cc(C)on2)c1. The number of carbonyl (C=O) groups is 2. The third kappa shape index (κ3) is 5.44. The molecule has 1 atom stereocenters. The van der Waals surface area contributed by atoms with E-state index in [9.17, 15) is 9.59 Å². The van der Waals surface area contributed by atoms with Gasteiger partial charge in [0.25, 0.3) is 0 Å². The Labute approximate surface area is 159 Å². The first kappa shape index (κ1) is 20.2. The minimum absolute atomic E-state index is 0.309. The summed E-state index contributed by atoms with van der Waals surface area (Å²) in [5.74, 6) is 0.506. The molecule has 3 N–H and O–H groups in total. The highest BCUT2D eigenvalue weighted by Crippen LogP contribution is 2.23. The topological polar surface area (TPSA) is 96.3 Å². The average Bonchev–Trinajstić information content (AvgIpc) is 2.99. The molecule has 7 nitrogen and oxygen atoms in total. The Bertz CT molecular complexity index is 854. The minimum Gasteiger partial charge on any atom is -0.360 e. The van der Waals surface area contributed by atoms with Crippen LogP contribution in [0.25, 0.3) is 5.57 Å². The molecular formula is C20H26N4O3. The lowest BCUT2D eigenvalue weighted by Gasteiger charge is -2.28. The molecule has 0 unspecified atom stereocenters. The van der Waals surface area contributed by atoms with Gasteiger partial charge in [-0.05, 0) is 51.8 Å². The molecular weight excluding hydrogens is 344 g/mol. The van der Waals surface area contributed by atoms with Crippen molar-refractivity contribution in [3.63, 3.8) is 0 Å². The number of nitrogens with one attached hydrogen (secondary N) is 3. The lowest BCUT2D eigenvalue weighted by Crippen LogP contribution is -2.51. The number of aromatic nitrogens is 1. The van der Waals surface area contributed by atoms with E-state index in [0.717, 1.165) is 16.7 Å². The molecule has 0 fully saturated rings. The molecule has 0 saturated heterocycles. The van der Waals surface area contributed by atoms with Crippen LogP contribution in [0.5, 0.6) is 0 Å². The number of aryl methyl sites for hydroxylation is 1. The molecule has 27 heavy (non-hydrogen) atoms. The van der Waals surface area contributed by atoms with Crippen LogP contribution in [0.2, 0.25) is 0 Å². The zero-order valence-corrected chi connectivity index (χ0v) is 16.3. The highest BCUT2D eigenvalue weighted by atomic mass is 16.5.